The Hall–Kier alpha value is -2.52. The number of aromatic hydroxyl groups is 1. The molecule has 9 heteroatoms. The molecule has 0 fully saturated rings. The van der Waals surface area contributed by atoms with Crippen LogP contribution in [0.2, 0.25) is 0 Å². The molecular formula is C16H19N5O3S. The molecule has 0 aliphatic heterocycles. The van der Waals surface area contributed by atoms with Crippen molar-refractivity contribution in [2.24, 2.45) is 0 Å². The normalized spacial score (nSPS) is 12.8. The average Bonchev–Trinajstić information content (AvgIpc) is 3.10. The van der Waals surface area contributed by atoms with Gasteiger partial charge in [0.15, 0.2) is 0 Å². The van der Waals surface area contributed by atoms with Gasteiger partial charge in [0, 0.05) is 12.1 Å². The van der Waals surface area contributed by atoms with Crippen molar-refractivity contribution in [3.63, 3.8) is 0 Å². The lowest BCUT2D eigenvalue weighted by atomic mass is 10.0. The number of aryl methyl sites for hydroxylation is 1. The fourth-order valence-corrected chi connectivity index (χ4v) is 4.11. The van der Waals surface area contributed by atoms with Crippen molar-refractivity contribution in [3.05, 3.63) is 50.6 Å². The van der Waals surface area contributed by atoms with Crippen LogP contribution in [0.15, 0.2) is 24.3 Å². The molecule has 1 unspecified atom stereocenters. The van der Waals surface area contributed by atoms with Gasteiger partial charge in [-0.3, -0.25) is 15.0 Å². The minimum Gasteiger partial charge on any atom is -0.492 e. The topological polar surface area (TPSA) is 96.8 Å². The van der Waals surface area contributed by atoms with Crippen molar-refractivity contribution < 1.29 is 10.0 Å². The van der Waals surface area contributed by atoms with Crippen LogP contribution in [0, 0.1) is 17.0 Å². The molecule has 1 N–H and O–H groups in total. The highest BCUT2D eigenvalue weighted by molar-refractivity contribution is 7.17. The van der Waals surface area contributed by atoms with E-state index >= 15 is 0 Å². The van der Waals surface area contributed by atoms with Crippen molar-refractivity contribution in [1.29, 1.82) is 0 Å². The summed E-state index contributed by atoms with van der Waals surface area (Å²) in [5, 5.41) is 26.0. The highest BCUT2D eigenvalue weighted by atomic mass is 32.1. The fraction of sp³-hybridized carbons (Fsp3) is 0.375. The van der Waals surface area contributed by atoms with Gasteiger partial charge < -0.3 is 5.11 Å². The third kappa shape index (κ3) is 3.08. The first-order valence-corrected chi connectivity index (χ1v) is 8.81. The maximum absolute atomic E-state index is 11.1. The van der Waals surface area contributed by atoms with Gasteiger partial charge in [0.1, 0.15) is 5.82 Å². The Labute approximate surface area is 148 Å². The maximum atomic E-state index is 11.1. The number of nitrogens with zero attached hydrogens (tertiary/aromatic N) is 5. The van der Waals surface area contributed by atoms with Gasteiger partial charge >= 0.3 is 0 Å². The average molecular weight is 361 g/mol. The number of hydrogen-bond donors (Lipinski definition) is 1. The zero-order valence-corrected chi connectivity index (χ0v) is 15.0. The second-order valence-corrected chi connectivity index (χ2v) is 6.63. The lowest BCUT2D eigenvalue weighted by molar-refractivity contribution is -0.384. The number of aromatic nitrogens is 3. The number of non-ortho nitro benzene ring substituents is 1. The van der Waals surface area contributed by atoms with Crippen LogP contribution >= 0.6 is 11.3 Å². The molecule has 0 aliphatic carbocycles. The molecule has 0 spiro atoms. The predicted molar refractivity (Wildman–Crippen MR) is 95.1 cm³/mol. The van der Waals surface area contributed by atoms with Crippen LogP contribution in [0.4, 0.5) is 5.69 Å². The monoisotopic (exact) mass is 361 g/mol. The minimum atomic E-state index is -0.408. The SMILES string of the molecule is CCN(CC)C(c1cccc([N+](=O)[O-])c1)c1sc2nc(C)nn2c1O. The Morgan fingerprint density at radius 2 is 2.12 bits per heavy atom. The Morgan fingerprint density at radius 1 is 1.40 bits per heavy atom. The second kappa shape index (κ2) is 6.77. The Balaban J connectivity index is 2.17. The summed E-state index contributed by atoms with van der Waals surface area (Å²) in [7, 11) is 0. The number of thiazole rings is 1. The molecule has 8 nitrogen and oxygen atoms in total. The van der Waals surface area contributed by atoms with E-state index in [0.29, 0.717) is 15.7 Å². The van der Waals surface area contributed by atoms with Crippen molar-refractivity contribution in [2.75, 3.05) is 13.1 Å². The molecule has 0 saturated heterocycles. The van der Waals surface area contributed by atoms with Crippen molar-refractivity contribution in [2.45, 2.75) is 26.8 Å². The van der Waals surface area contributed by atoms with E-state index in [1.54, 1.807) is 19.1 Å². The molecule has 0 bridgehead atoms. The molecule has 0 radical (unpaired) electrons. The van der Waals surface area contributed by atoms with Gasteiger partial charge in [0.2, 0.25) is 10.8 Å². The first-order valence-electron chi connectivity index (χ1n) is 7.99. The van der Waals surface area contributed by atoms with Crippen LogP contribution in [0.3, 0.4) is 0 Å². The summed E-state index contributed by atoms with van der Waals surface area (Å²) in [4.78, 5) is 18.5. The second-order valence-electron chi connectivity index (χ2n) is 5.62. The van der Waals surface area contributed by atoms with Gasteiger partial charge in [-0.1, -0.05) is 37.3 Å². The van der Waals surface area contributed by atoms with E-state index in [1.165, 1.54) is 21.9 Å². The van der Waals surface area contributed by atoms with E-state index in [-0.39, 0.29) is 17.6 Å². The number of fused-ring (bicyclic) bond motifs is 1. The number of benzene rings is 1. The number of hydrogen-bond acceptors (Lipinski definition) is 7. The lowest BCUT2D eigenvalue weighted by Crippen LogP contribution is -2.29. The Kier molecular flexibility index (Phi) is 4.69. The third-order valence-electron chi connectivity index (χ3n) is 4.13. The summed E-state index contributed by atoms with van der Waals surface area (Å²) in [6, 6.07) is 6.24. The van der Waals surface area contributed by atoms with Crippen LogP contribution in [-0.4, -0.2) is 42.6 Å². The molecule has 0 amide bonds. The van der Waals surface area contributed by atoms with E-state index in [9.17, 15) is 15.2 Å². The van der Waals surface area contributed by atoms with Crippen molar-refractivity contribution >= 4 is 22.0 Å². The van der Waals surface area contributed by atoms with E-state index < -0.39 is 4.92 Å². The number of nitro benzene ring substituents is 1. The van der Waals surface area contributed by atoms with Crippen LogP contribution in [0.25, 0.3) is 4.96 Å². The summed E-state index contributed by atoms with van der Waals surface area (Å²) in [5.74, 6) is 0.617. The van der Waals surface area contributed by atoms with Gasteiger partial charge in [-0.15, -0.1) is 5.10 Å². The molecule has 3 rings (SSSR count). The van der Waals surface area contributed by atoms with E-state index in [1.807, 2.05) is 19.9 Å². The summed E-state index contributed by atoms with van der Waals surface area (Å²) >= 11 is 1.35. The first-order chi connectivity index (χ1) is 12.0. The standard InChI is InChI=1S/C16H19N5O3S/c1-4-19(5-2)13(11-7-6-8-12(9-11)21(23)24)14-15(22)20-16(25-14)17-10(3)18-20/h6-9,13,22H,4-5H2,1-3H3. The highest BCUT2D eigenvalue weighted by Gasteiger charge is 2.29. The fourth-order valence-electron chi connectivity index (χ4n) is 2.95. The van der Waals surface area contributed by atoms with Crippen molar-refractivity contribution in [3.8, 4) is 5.88 Å². The van der Waals surface area contributed by atoms with Gasteiger partial charge in [-0.25, -0.2) is 4.98 Å². The maximum Gasteiger partial charge on any atom is 0.269 e. The highest BCUT2D eigenvalue weighted by Crippen LogP contribution is 2.40. The molecule has 0 aliphatic rings. The summed E-state index contributed by atoms with van der Waals surface area (Å²) in [5.41, 5.74) is 0.791. The van der Waals surface area contributed by atoms with Crippen LogP contribution < -0.4 is 0 Å². The van der Waals surface area contributed by atoms with Gasteiger partial charge in [-0.05, 0) is 25.6 Å². The van der Waals surface area contributed by atoms with E-state index in [4.69, 9.17) is 0 Å². The zero-order valence-electron chi connectivity index (χ0n) is 14.2. The van der Waals surface area contributed by atoms with Crippen LogP contribution in [0.1, 0.15) is 36.2 Å². The summed E-state index contributed by atoms with van der Waals surface area (Å²) in [6.07, 6.45) is 0. The molecule has 1 aromatic carbocycles. The molecular weight excluding hydrogens is 342 g/mol. The van der Waals surface area contributed by atoms with Gasteiger partial charge in [0.05, 0.1) is 15.8 Å². The van der Waals surface area contributed by atoms with Gasteiger partial charge in [-0.2, -0.15) is 4.52 Å². The van der Waals surface area contributed by atoms with Gasteiger partial charge in [0.25, 0.3) is 5.69 Å². The Morgan fingerprint density at radius 3 is 2.72 bits per heavy atom. The molecule has 3 aromatic rings. The molecule has 25 heavy (non-hydrogen) atoms. The molecule has 0 saturated carbocycles. The zero-order chi connectivity index (χ0) is 18.1. The first kappa shape index (κ1) is 17.3. The smallest absolute Gasteiger partial charge is 0.269 e. The molecule has 2 heterocycles. The number of nitro groups is 1. The van der Waals surface area contributed by atoms with Crippen LogP contribution in [-0.2, 0) is 0 Å². The quantitative estimate of drug-likeness (QED) is 0.535. The Bertz CT molecular complexity index is 916. The molecule has 132 valence electrons. The molecule has 2 aromatic heterocycles. The summed E-state index contributed by atoms with van der Waals surface area (Å²) in [6.45, 7) is 7.27. The van der Waals surface area contributed by atoms with E-state index in [0.717, 1.165) is 18.7 Å². The van der Waals surface area contributed by atoms with Crippen LogP contribution in [0.5, 0.6) is 5.88 Å². The number of rotatable bonds is 6. The lowest BCUT2D eigenvalue weighted by Gasteiger charge is -2.29. The van der Waals surface area contributed by atoms with E-state index in [2.05, 4.69) is 15.0 Å². The third-order valence-corrected chi connectivity index (χ3v) is 5.20. The molecule has 1 atom stereocenters. The largest absolute Gasteiger partial charge is 0.492 e. The summed E-state index contributed by atoms with van der Waals surface area (Å²) < 4.78 is 1.42. The van der Waals surface area contributed by atoms with Crippen molar-refractivity contribution in [1.82, 2.24) is 19.5 Å². The predicted octanol–water partition coefficient (Wildman–Crippen LogP) is 3.14. The minimum absolute atomic E-state index is 0.0315.